The molecule has 8 nitrogen and oxygen atoms in total. The average molecular weight is 358 g/mol. The van der Waals surface area contributed by atoms with E-state index in [4.69, 9.17) is 0 Å². The maximum atomic E-state index is 11.2. The van der Waals surface area contributed by atoms with E-state index in [1.165, 1.54) is 0 Å². The minimum Gasteiger partial charge on any atom is -0.465 e. The zero-order chi connectivity index (χ0) is 18.4. The van der Waals surface area contributed by atoms with Gasteiger partial charge in [0, 0.05) is 31.6 Å². The van der Waals surface area contributed by atoms with Gasteiger partial charge in [0.1, 0.15) is 5.82 Å². The molecule has 1 saturated heterocycles. The van der Waals surface area contributed by atoms with Crippen LogP contribution in [0.4, 0.5) is 10.6 Å². The van der Waals surface area contributed by atoms with Gasteiger partial charge in [-0.05, 0) is 30.6 Å². The van der Waals surface area contributed by atoms with Crippen LogP contribution in [0.2, 0.25) is 0 Å². The summed E-state index contributed by atoms with van der Waals surface area (Å²) in [5.74, 6) is 3.61. The molecule has 1 saturated carbocycles. The third kappa shape index (κ3) is 2.87. The van der Waals surface area contributed by atoms with Gasteiger partial charge in [0.15, 0.2) is 5.82 Å². The summed E-state index contributed by atoms with van der Waals surface area (Å²) in [5.41, 5.74) is 1.00. The lowest BCUT2D eigenvalue weighted by Crippen LogP contribution is -2.40. The van der Waals surface area contributed by atoms with Crippen LogP contribution in [0.15, 0.2) is 6.07 Å². The highest BCUT2D eigenvalue weighted by Gasteiger charge is 2.46. The van der Waals surface area contributed by atoms with E-state index in [0.717, 1.165) is 43.1 Å². The standard InChI is InChI=1S/C18H26N6O2/c1-4-15-21-17-20-14(10(2)3)7-16(24(17)22-15)19-8-11-5-13-6-12(11)9-23(13)18(25)26/h7,10-13,19H,4-6,8-9H2,1-3H3,(H,25,26). The Labute approximate surface area is 152 Å². The molecular weight excluding hydrogens is 332 g/mol. The first-order valence-corrected chi connectivity index (χ1v) is 9.46. The van der Waals surface area contributed by atoms with E-state index in [2.05, 4.69) is 40.3 Å². The minimum absolute atomic E-state index is 0.186. The van der Waals surface area contributed by atoms with Crippen LogP contribution in [0.5, 0.6) is 0 Å². The van der Waals surface area contributed by atoms with E-state index >= 15 is 0 Å². The first kappa shape index (κ1) is 17.1. The molecule has 1 aliphatic carbocycles. The monoisotopic (exact) mass is 358 g/mol. The Kier molecular flexibility index (Phi) is 4.20. The first-order valence-electron chi connectivity index (χ1n) is 9.46. The smallest absolute Gasteiger partial charge is 0.407 e. The second-order valence-electron chi connectivity index (χ2n) is 7.78. The number of carbonyl (C=O) groups is 1. The SMILES string of the molecule is CCc1nc2nc(C(C)C)cc(NCC3CC4CC3CN4C(=O)O)n2n1. The largest absolute Gasteiger partial charge is 0.465 e. The van der Waals surface area contributed by atoms with Crippen molar-refractivity contribution in [2.24, 2.45) is 11.8 Å². The Hall–Kier alpha value is -2.38. The fourth-order valence-corrected chi connectivity index (χ4v) is 4.28. The van der Waals surface area contributed by atoms with Crippen LogP contribution in [0.3, 0.4) is 0 Å². The maximum absolute atomic E-state index is 11.2. The van der Waals surface area contributed by atoms with Crippen molar-refractivity contribution in [2.75, 3.05) is 18.4 Å². The normalized spacial score (nSPS) is 24.8. The van der Waals surface area contributed by atoms with Crippen molar-refractivity contribution in [2.45, 2.75) is 52.0 Å². The van der Waals surface area contributed by atoms with Gasteiger partial charge < -0.3 is 15.3 Å². The summed E-state index contributed by atoms with van der Waals surface area (Å²) in [5, 5.41) is 17.3. The summed E-state index contributed by atoms with van der Waals surface area (Å²) in [6.45, 7) is 7.77. The van der Waals surface area contributed by atoms with E-state index < -0.39 is 6.09 Å². The fraction of sp³-hybridized carbons (Fsp3) is 0.667. The van der Waals surface area contributed by atoms with Crippen LogP contribution in [0, 0.1) is 11.8 Å². The molecule has 2 bridgehead atoms. The van der Waals surface area contributed by atoms with Gasteiger partial charge in [-0.25, -0.2) is 9.78 Å². The van der Waals surface area contributed by atoms with Gasteiger partial charge in [0.05, 0.1) is 5.69 Å². The highest BCUT2D eigenvalue weighted by atomic mass is 16.4. The second-order valence-corrected chi connectivity index (χ2v) is 7.78. The zero-order valence-corrected chi connectivity index (χ0v) is 15.5. The van der Waals surface area contributed by atoms with Crippen LogP contribution in [-0.4, -0.2) is 54.8 Å². The van der Waals surface area contributed by atoms with Crippen LogP contribution in [-0.2, 0) is 6.42 Å². The number of nitrogens with one attached hydrogen (secondary N) is 1. The molecule has 1 amide bonds. The van der Waals surface area contributed by atoms with Crippen LogP contribution >= 0.6 is 0 Å². The number of hydrogen-bond donors (Lipinski definition) is 2. The van der Waals surface area contributed by atoms with Crippen molar-refractivity contribution in [3.63, 3.8) is 0 Å². The number of amides is 1. The summed E-state index contributed by atoms with van der Waals surface area (Å²) < 4.78 is 1.79. The number of likely N-dealkylation sites (tertiary alicyclic amines) is 1. The van der Waals surface area contributed by atoms with Gasteiger partial charge in [-0.15, -0.1) is 5.10 Å². The maximum Gasteiger partial charge on any atom is 0.407 e. The molecule has 1 aliphatic heterocycles. The highest BCUT2D eigenvalue weighted by Crippen LogP contribution is 2.42. The van der Waals surface area contributed by atoms with Crippen molar-refractivity contribution in [1.82, 2.24) is 24.5 Å². The number of fused-ring (bicyclic) bond motifs is 3. The van der Waals surface area contributed by atoms with Crippen molar-refractivity contribution in [3.8, 4) is 0 Å². The first-order chi connectivity index (χ1) is 12.5. The second kappa shape index (κ2) is 6.41. The molecule has 2 aliphatic rings. The molecule has 2 aromatic rings. The molecule has 140 valence electrons. The van der Waals surface area contributed by atoms with Crippen LogP contribution < -0.4 is 5.32 Å². The zero-order valence-electron chi connectivity index (χ0n) is 15.5. The summed E-state index contributed by atoms with van der Waals surface area (Å²) in [6.07, 6.45) is 1.92. The van der Waals surface area contributed by atoms with Gasteiger partial charge in [0.25, 0.3) is 5.78 Å². The number of nitrogens with zero attached hydrogens (tertiary/aromatic N) is 5. The van der Waals surface area contributed by atoms with Crippen molar-refractivity contribution >= 4 is 17.7 Å². The number of anilines is 1. The molecule has 3 atom stereocenters. The minimum atomic E-state index is -0.781. The number of carboxylic acid groups (broad SMARTS) is 1. The third-order valence-electron chi connectivity index (χ3n) is 5.76. The van der Waals surface area contributed by atoms with Crippen molar-refractivity contribution in [3.05, 3.63) is 17.6 Å². The predicted octanol–water partition coefficient (Wildman–Crippen LogP) is 2.61. The Morgan fingerprint density at radius 1 is 1.38 bits per heavy atom. The molecule has 0 aromatic carbocycles. The summed E-state index contributed by atoms with van der Waals surface area (Å²) >= 11 is 0. The topological polar surface area (TPSA) is 95.7 Å². The molecule has 2 N–H and O–H groups in total. The van der Waals surface area contributed by atoms with Gasteiger partial charge in [-0.2, -0.15) is 9.50 Å². The lowest BCUT2D eigenvalue weighted by Gasteiger charge is -2.29. The average Bonchev–Trinajstić information content (AvgIpc) is 3.31. The summed E-state index contributed by atoms with van der Waals surface area (Å²) in [4.78, 5) is 22.0. The number of aromatic nitrogens is 4. The van der Waals surface area contributed by atoms with Gasteiger partial charge in [-0.1, -0.05) is 20.8 Å². The molecule has 2 fully saturated rings. The van der Waals surface area contributed by atoms with Crippen LogP contribution in [0.25, 0.3) is 5.78 Å². The van der Waals surface area contributed by atoms with E-state index in [-0.39, 0.29) is 6.04 Å². The Morgan fingerprint density at radius 2 is 2.19 bits per heavy atom. The molecular formula is C18H26N6O2. The number of piperidine rings is 1. The lowest BCUT2D eigenvalue weighted by molar-refractivity contribution is 0.121. The Balaban J connectivity index is 1.52. The molecule has 3 unspecified atom stereocenters. The fourth-order valence-electron chi connectivity index (χ4n) is 4.28. The van der Waals surface area contributed by atoms with E-state index in [1.54, 1.807) is 9.42 Å². The molecule has 8 heteroatoms. The number of aryl methyl sites for hydroxylation is 1. The molecule has 26 heavy (non-hydrogen) atoms. The van der Waals surface area contributed by atoms with Crippen molar-refractivity contribution < 1.29 is 9.90 Å². The quantitative estimate of drug-likeness (QED) is 0.853. The molecule has 3 heterocycles. The molecule has 4 rings (SSSR count). The van der Waals surface area contributed by atoms with Crippen molar-refractivity contribution in [1.29, 1.82) is 0 Å². The van der Waals surface area contributed by atoms with Gasteiger partial charge in [-0.3, -0.25) is 0 Å². The predicted molar refractivity (Wildman–Crippen MR) is 97.5 cm³/mol. The molecule has 0 radical (unpaired) electrons. The van der Waals surface area contributed by atoms with E-state index in [1.807, 2.05) is 6.92 Å². The van der Waals surface area contributed by atoms with Gasteiger partial charge >= 0.3 is 6.09 Å². The van der Waals surface area contributed by atoms with Crippen LogP contribution in [0.1, 0.15) is 51.0 Å². The summed E-state index contributed by atoms with van der Waals surface area (Å²) in [6, 6.07) is 2.24. The van der Waals surface area contributed by atoms with E-state index in [0.29, 0.717) is 30.1 Å². The Bertz CT molecular complexity index is 832. The lowest BCUT2D eigenvalue weighted by atomic mass is 9.94. The van der Waals surface area contributed by atoms with Gasteiger partial charge in [0.2, 0.25) is 0 Å². The van der Waals surface area contributed by atoms with E-state index in [9.17, 15) is 9.90 Å². The highest BCUT2D eigenvalue weighted by molar-refractivity contribution is 5.66. The third-order valence-corrected chi connectivity index (χ3v) is 5.76. The molecule has 2 aromatic heterocycles. The summed E-state index contributed by atoms with van der Waals surface area (Å²) in [7, 11) is 0. The molecule has 0 spiro atoms. The number of hydrogen-bond acceptors (Lipinski definition) is 5. The number of rotatable bonds is 5. The Morgan fingerprint density at radius 3 is 2.81 bits per heavy atom.